The van der Waals surface area contributed by atoms with Crippen LogP contribution in [0.25, 0.3) is 0 Å². The number of anilines is 1. The molecule has 0 unspecified atom stereocenters. The van der Waals surface area contributed by atoms with Crippen molar-refractivity contribution in [2.24, 2.45) is 0 Å². The van der Waals surface area contributed by atoms with Crippen LogP contribution in [0.3, 0.4) is 0 Å². The van der Waals surface area contributed by atoms with Crippen molar-refractivity contribution >= 4 is 29.2 Å². The van der Waals surface area contributed by atoms with Crippen molar-refractivity contribution in [3.63, 3.8) is 0 Å². The highest BCUT2D eigenvalue weighted by atomic mass is 16.5. The lowest BCUT2D eigenvalue weighted by Crippen LogP contribution is -2.48. The Morgan fingerprint density at radius 1 is 1.00 bits per heavy atom. The Bertz CT molecular complexity index is 1240. The normalized spacial score (nSPS) is 15.5. The predicted molar refractivity (Wildman–Crippen MR) is 136 cm³/mol. The first-order chi connectivity index (χ1) is 17.9. The second-order valence-corrected chi connectivity index (χ2v) is 8.72. The van der Waals surface area contributed by atoms with Gasteiger partial charge in [0.15, 0.2) is 11.5 Å². The van der Waals surface area contributed by atoms with E-state index in [-0.39, 0.29) is 17.6 Å². The fraction of sp³-hybridized carbons (Fsp3) is 0.286. The van der Waals surface area contributed by atoms with Gasteiger partial charge in [0.05, 0.1) is 18.9 Å². The zero-order valence-corrected chi connectivity index (χ0v) is 20.5. The van der Waals surface area contributed by atoms with Crippen LogP contribution in [0, 0.1) is 0 Å². The Hall–Kier alpha value is -4.24. The zero-order valence-electron chi connectivity index (χ0n) is 20.5. The van der Waals surface area contributed by atoms with Gasteiger partial charge in [-0.05, 0) is 49.6 Å². The summed E-state index contributed by atoms with van der Waals surface area (Å²) in [7, 11) is 0. The summed E-state index contributed by atoms with van der Waals surface area (Å²) in [4.78, 5) is 53.1. The minimum Gasteiger partial charge on any atom is -0.459 e. The summed E-state index contributed by atoms with van der Waals surface area (Å²) in [6, 6.07) is 17.4. The molecular formula is C28H29N3O6. The van der Waals surface area contributed by atoms with E-state index in [2.05, 4.69) is 10.6 Å². The van der Waals surface area contributed by atoms with E-state index in [0.717, 1.165) is 12.8 Å². The molecule has 2 heterocycles. The summed E-state index contributed by atoms with van der Waals surface area (Å²) in [6.07, 6.45) is 3.05. The molecule has 0 radical (unpaired) electrons. The summed E-state index contributed by atoms with van der Waals surface area (Å²) in [5.41, 5.74) is 1.32. The Balaban J connectivity index is 1.67. The molecule has 9 heteroatoms. The Morgan fingerprint density at radius 3 is 2.49 bits per heavy atom. The molecule has 0 spiro atoms. The first-order valence-electron chi connectivity index (χ1n) is 12.1. The SMILES string of the molecule is CC(=O)c1cccc(N(C(=O)CNC(=O)c2ccco2)[C@@H](C(=O)NC[C@@H]2CCCO2)c2ccccc2)c1. The largest absolute Gasteiger partial charge is 0.459 e. The molecule has 1 aliphatic rings. The van der Waals surface area contributed by atoms with Crippen LogP contribution in [0.1, 0.15) is 52.3 Å². The fourth-order valence-electron chi connectivity index (χ4n) is 4.22. The van der Waals surface area contributed by atoms with Gasteiger partial charge in [-0.1, -0.05) is 42.5 Å². The number of carbonyl (C=O) groups excluding carboxylic acids is 4. The molecule has 0 aliphatic carbocycles. The smallest absolute Gasteiger partial charge is 0.287 e. The van der Waals surface area contributed by atoms with Gasteiger partial charge in [0.1, 0.15) is 6.04 Å². The Kier molecular flexibility index (Phi) is 8.48. The van der Waals surface area contributed by atoms with E-state index in [1.807, 2.05) is 6.07 Å². The lowest BCUT2D eigenvalue weighted by Gasteiger charge is -2.32. The number of hydrogen-bond acceptors (Lipinski definition) is 6. The monoisotopic (exact) mass is 503 g/mol. The molecule has 37 heavy (non-hydrogen) atoms. The van der Waals surface area contributed by atoms with Crippen molar-refractivity contribution in [2.45, 2.75) is 31.9 Å². The second kappa shape index (κ2) is 12.1. The number of hydrogen-bond donors (Lipinski definition) is 2. The lowest BCUT2D eigenvalue weighted by atomic mass is 10.0. The van der Waals surface area contributed by atoms with Gasteiger partial charge in [-0.3, -0.25) is 24.1 Å². The molecule has 4 rings (SSSR count). The Labute approximate surface area is 214 Å². The Morgan fingerprint density at radius 2 is 1.81 bits per heavy atom. The second-order valence-electron chi connectivity index (χ2n) is 8.72. The van der Waals surface area contributed by atoms with Crippen molar-refractivity contribution in [2.75, 3.05) is 24.6 Å². The van der Waals surface area contributed by atoms with E-state index in [1.165, 1.54) is 24.2 Å². The van der Waals surface area contributed by atoms with Crippen molar-refractivity contribution in [3.05, 3.63) is 89.9 Å². The molecule has 1 saturated heterocycles. The van der Waals surface area contributed by atoms with E-state index < -0.39 is 30.3 Å². The lowest BCUT2D eigenvalue weighted by molar-refractivity contribution is -0.126. The molecule has 1 aliphatic heterocycles. The number of ether oxygens (including phenoxy) is 1. The molecule has 2 atom stereocenters. The average molecular weight is 504 g/mol. The molecule has 192 valence electrons. The summed E-state index contributed by atoms with van der Waals surface area (Å²) in [5, 5.41) is 5.48. The van der Waals surface area contributed by atoms with Gasteiger partial charge in [-0.2, -0.15) is 0 Å². The highest BCUT2D eigenvalue weighted by Gasteiger charge is 2.33. The molecular weight excluding hydrogens is 474 g/mol. The van der Waals surface area contributed by atoms with Gasteiger partial charge >= 0.3 is 0 Å². The number of ketones is 1. The quantitative estimate of drug-likeness (QED) is 0.410. The van der Waals surface area contributed by atoms with E-state index in [1.54, 1.807) is 54.6 Å². The van der Waals surface area contributed by atoms with Crippen LogP contribution in [-0.2, 0) is 14.3 Å². The van der Waals surface area contributed by atoms with Crippen LogP contribution in [0.15, 0.2) is 77.4 Å². The molecule has 3 amide bonds. The van der Waals surface area contributed by atoms with Crippen LogP contribution in [0.2, 0.25) is 0 Å². The van der Waals surface area contributed by atoms with Gasteiger partial charge in [0, 0.05) is 24.4 Å². The molecule has 1 fully saturated rings. The van der Waals surface area contributed by atoms with Crippen molar-refractivity contribution < 1.29 is 28.3 Å². The number of nitrogens with one attached hydrogen (secondary N) is 2. The number of benzene rings is 2. The number of rotatable bonds is 10. The number of carbonyl (C=O) groups is 4. The van der Waals surface area contributed by atoms with Crippen LogP contribution in [0.5, 0.6) is 0 Å². The standard InChI is InChI=1S/C28H29N3O6/c1-19(32)21-10-5-11-22(16-21)31(25(33)18-30-27(34)24-13-7-15-37-24)26(20-8-3-2-4-9-20)28(35)29-17-23-12-6-14-36-23/h2-5,7-11,13,15-16,23,26H,6,12,14,17-18H2,1H3,(H,29,35)(H,30,34)/t23-,26+/m0/s1. The van der Waals surface area contributed by atoms with Crippen LogP contribution >= 0.6 is 0 Å². The third-order valence-corrected chi connectivity index (χ3v) is 6.09. The maximum Gasteiger partial charge on any atom is 0.287 e. The molecule has 1 aromatic heterocycles. The van der Waals surface area contributed by atoms with E-state index >= 15 is 0 Å². The summed E-state index contributed by atoms with van der Waals surface area (Å²) >= 11 is 0. The molecule has 2 N–H and O–H groups in total. The maximum atomic E-state index is 13.7. The van der Waals surface area contributed by atoms with Crippen molar-refractivity contribution in [3.8, 4) is 0 Å². The van der Waals surface area contributed by atoms with Gasteiger partial charge in [-0.15, -0.1) is 0 Å². The summed E-state index contributed by atoms with van der Waals surface area (Å²) in [5.74, 6) is -1.62. The number of amides is 3. The maximum absolute atomic E-state index is 13.7. The fourth-order valence-corrected chi connectivity index (χ4v) is 4.22. The van der Waals surface area contributed by atoms with Gasteiger partial charge in [0.2, 0.25) is 11.8 Å². The molecule has 2 aromatic carbocycles. The van der Waals surface area contributed by atoms with Crippen molar-refractivity contribution in [1.82, 2.24) is 10.6 Å². The first-order valence-corrected chi connectivity index (χ1v) is 12.1. The van der Waals surface area contributed by atoms with Gasteiger partial charge < -0.3 is 19.8 Å². The minimum absolute atomic E-state index is 0.0619. The van der Waals surface area contributed by atoms with Gasteiger partial charge in [0.25, 0.3) is 5.91 Å². The van der Waals surface area contributed by atoms with E-state index in [4.69, 9.17) is 9.15 Å². The summed E-state index contributed by atoms with van der Waals surface area (Å²) < 4.78 is 10.7. The number of Topliss-reactive ketones (excluding diaryl/α,β-unsaturated/α-hetero) is 1. The molecule has 0 bridgehead atoms. The van der Waals surface area contributed by atoms with Crippen molar-refractivity contribution in [1.29, 1.82) is 0 Å². The predicted octanol–water partition coefficient (Wildman–Crippen LogP) is 3.28. The number of furan rings is 1. The first kappa shape index (κ1) is 25.8. The van der Waals surface area contributed by atoms with Crippen LogP contribution in [-0.4, -0.2) is 49.3 Å². The highest BCUT2D eigenvalue weighted by molar-refractivity contribution is 6.05. The summed E-state index contributed by atoms with van der Waals surface area (Å²) in [6.45, 7) is 2.00. The molecule has 0 saturated carbocycles. The third-order valence-electron chi connectivity index (χ3n) is 6.09. The average Bonchev–Trinajstić information content (AvgIpc) is 3.64. The van der Waals surface area contributed by atoms with Gasteiger partial charge in [-0.25, -0.2) is 0 Å². The van der Waals surface area contributed by atoms with Crippen LogP contribution < -0.4 is 15.5 Å². The number of nitrogens with zero attached hydrogens (tertiary/aromatic N) is 1. The van der Waals surface area contributed by atoms with E-state index in [9.17, 15) is 19.2 Å². The molecule has 3 aromatic rings. The topological polar surface area (TPSA) is 118 Å². The van der Waals surface area contributed by atoms with Crippen LogP contribution in [0.4, 0.5) is 5.69 Å². The zero-order chi connectivity index (χ0) is 26.2. The molecule has 9 nitrogen and oxygen atoms in total. The minimum atomic E-state index is -1.06. The van der Waals surface area contributed by atoms with E-state index in [0.29, 0.717) is 30.0 Å². The third kappa shape index (κ3) is 6.50. The highest BCUT2D eigenvalue weighted by Crippen LogP contribution is 2.29.